The molecule has 0 spiro atoms. The van der Waals surface area contributed by atoms with E-state index in [2.05, 4.69) is 77.9 Å². The van der Waals surface area contributed by atoms with Crippen LogP contribution in [0.4, 0.5) is 0 Å². The number of hydrogen-bond acceptors (Lipinski definition) is 2. The third kappa shape index (κ3) is 2.79. The average Bonchev–Trinajstić information content (AvgIpc) is 2.62. The van der Waals surface area contributed by atoms with Gasteiger partial charge in [0.05, 0.1) is 0 Å². The summed E-state index contributed by atoms with van der Waals surface area (Å²) < 4.78 is 0. The van der Waals surface area contributed by atoms with Gasteiger partial charge in [-0.25, -0.2) is 0 Å². The predicted octanol–water partition coefficient (Wildman–Crippen LogP) is 6.56. The molecule has 4 rings (SSSR count). The van der Waals surface area contributed by atoms with Crippen molar-refractivity contribution in [1.82, 2.24) is 0 Å². The number of carbonyl (C=O) groups excluding carboxylic acids is 2. The van der Waals surface area contributed by atoms with Crippen molar-refractivity contribution in [3.8, 4) is 0 Å². The van der Waals surface area contributed by atoms with Gasteiger partial charge in [0, 0.05) is 5.56 Å². The molecule has 0 atom stereocenters. The highest BCUT2D eigenvalue weighted by molar-refractivity contribution is 6.39. The van der Waals surface area contributed by atoms with E-state index in [1.807, 2.05) is 6.07 Å². The fraction of sp³-hybridized carbons (Fsp3) is 0.308. The smallest absolute Gasteiger partial charge is 0.226 e. The van der Waals surface area contributed by atoms with Gasteiger partial charge in [-0.1, -0.05) is 71.9 Å². The highest BCUT2D eigenvalue weighted by atomic mass is 16.2. The lowest BCUT2D eigenvalue weighted by Crippen LogP contribution is -2.12. The van der Waals surface area contributed by atoms with Crippen LogP contribution < -0.4 is 0 Å². The number of hydrogen-bond donors (Lipinski definition) is 0. The van der Waals surface area contributed by atoms with Crippen LogP contribution in [0.3, 0.4) is 0 Å². The molecule has 0 radical (unpaired) electrons. The van der Waals surface area contributed by atoms with Crippen LogP contribution in [-0.2, 0) is 15.6 Å². The second-order valence-electron chi connectivity index (χ2n) is 9.89. The van der Waals surface area contributed by atoms with Gasteiger partial charge in [-0.3, -0.25) is 9.59 Å². The summed E-state index contributed by atoms with van der Waals surface area (Å²) in [5.74, 6) is -0.462. The molecule has 0 aliphatic heterocycles. The molecule has 0 bridgehead atoms. The molecule has 2 nitrogen and oxygen atoms in total. The zero-order valence-corrected chi connectivity index (χ0v) is 17.4. The average molecular weight is 370 g/mol. The highest BCUT2D eigenvalue weighted by Crippen LogP contribution is 2.41. The Labute approximate surface area is 165 Å². The summed E-state index contributed by atoms with van der Waals surface area (Å²) in [6.45, 7) is 13.1. The number of benzene rings is 4. The molecule has 0 aliphatic rings. The molecule has 0 unspecified atom stereocenters. The fourth-order valence-electron chi connectivity index (χ4n) is 4.06. The molecule has 2 heteroatoms. The SMILES string of the molecule is CC(C)(C)c1cc2ccc3cc(C(C)(C)C)cc4c(C(=O)C=O)cc(c1)c2c34. The van der Waals surface area contributed by atoms with E-state index in [1.165, 1.54) is 16.3 Å². The van der Waals surface area contributed by atoms with Gasteiger partial charge < -0.3 is 0 Å². The Morgan fingerprint density at radius 1 is 0.714 bits per heavy atom. The van der Waals surface area contributed by atoms with Crippen LogP contribution in [0.25, 0.3) is 32.3 Å². The zero-order valence-electron chi connectivity index (χ0n) is 17.4. The third-order valence-electron chi connectivity index (χ3n) is 5.76. The van der Waals surface area contributed by atoms with Gasteiger partial charge >= 0.3 is 0 Å². The Kier molecular flexibility index (Phi) is 3.91. The molecular formula is C26H26O2. The van der Waals surface area contributed by atoms with Gasteiger partial charge in [0.1, 0.15) is 0 Å². The molecular weight excluding hydrogens is 344 g/mol. The fourth-order valence-corrected chi connectivity index (χ4v) is 4.06. The lowest BCUT2D eigenvalue weighted by Gasteiger charge is -2.24. The Bertz CT molecular complexity index is 1250. The third-order valence-corrected chi connectivity index (χ3v) is 5.76. The number of rotatable bonds is 2. The van der Waals surface area contributed by atoms with E-state index >= 15 is 0 Å². The lowest BCUT2D eigenvalue weighted by atomic mass is 9.80. The molecule has 0 heterocycles. The minimum absolute atomic E-state index is 0.00130. The topological polar surface area (TPSA) is 34.1 Å². The summed E-state index contributed by atoms with van der Waals surface area (Å²) in [6, 6.07) is 14.9. The van der Waals surface area contributed by atoms with E-state index in [0.29, 0.717) is 11.8 Å². The number of ketones is 1. The largest absolute Gasteiger partial charge is 0.294 e. The van der Waals surface area contributed by atoms with Crippen molar-refractivity contribution in [3.63, 3.8) is 0 Å². The van der Waals surface area contributed by atoms with Crippen LogP contribution in [0.15, 0.2) is 42.5 Å². The van der Waals surface area contributed by atoms with Crippen molar-refractivity contribution >= 4 is 44.4 Å². The van der Waals surface area contributed by atoms with E-state index in [0.717, 1.165) is 27.1 Å². The van der Waals surface area contributed by atoms with Crippen LogP contribution in [0, 0.1) is 0 Å². The van der Waals surface area contributed by atoms with E-state index in [-0.39, 0.29) is 10.8 Å². The first kappa shape index (κ1) is 18.6. The Balaban J connectivity index is 2.25. The van der Waals surface area contributed by atoms with Crippen molar-refractivity contribution in [2.45, 2.75) is 52.4 Å². The molecule has 4 aromatic rings. The second-order valence-corrected chi connectivity index (χ2v) is 9.89. The number of carbonyl (C=O) groups is 2. The maximum Gasteiger partial charge on any atom is 0.226 e. The van der Waals surface area contributed by atoms with Crippen molar-refractivity contribution in [3.05, 3.63) is 59.2 Å². The number of Topliss-reactive ketones (excluding diaryl/α,β-unsaturated/α-hetero) is 1. The van der Waals surface area contributed by atoms with Gasteiger partial charge in [-0.15, -0.1) is 0 Å². The van der Waals surface area contributed by atoms with Gasteiger partial charge in [0.25, 0.3) is 0 Å². The standard InChI is InChI=1S/C26H26O2/c1-25(2,3)18-9-15-7-8-16-10-19(26(4,5)6)13-21-20(22(28)14-27)12-17(11-18)23(15)24(16)21/h7-14H,1-6H3. The van der Waals surface area contributed by atoms with E-state index < -0.39 is 5.78 Å². The summed E-state index contributed by atoms with van der Waals surface area (Å²) in [5.41, 5.74) is 2.83. The molecule has 0 N–H and O–H groups in total. The maximum absolute atomic E-state index is 12.5. The minimum Gasteiger partial charge on any atom is -0.294 e. The highest BCUT2D eigenvalue weighted by Gasteiger charge is 2.22. The summed E-state index contributed by atoms with van der Waals surface area (Å²) in [5, 5.41) is 6.44. The molecule has 142 valence electrons. The van der Waals surface area contributed by atoms with Crippen molar-refractivity contribution in [2.24, 2.45) is 0 Å². The lowest BCUT2D eigenvalue weighted by molar-refractivity contribution is -0.104. The van der Waals surface area contributed by atoms with E-state index in [9.17, 15) is 9.59 Å². The summed E-state index contributed by atoms with van der Waals surface area (Å²) in [7, 11) is 0. The molecule has 0 aromatic heterocycles. The second kappa shape index (κ2) is 5.88. The minimum atomic E-state index is -0.462. The van der Waals surface area contributed by atoms with Crippen LogP contribution in [0.5, 0.6) is 0 Å². The van der Waals surface area contributed by atoms with Crippen molar-refractivity contribution in [1.29, 1.82) is 0 Å². The first-order valence-corrected chi connectivity index (χ1v) is 9.78. The maximum atomic E-state index is 12.5. The molecule has 0 aliphatic carbocycles. The predicted molar refractivity (Wildman–Crippen MR) is 118 cm³/mol. The van der Waals surface area contributed by atoms with E-state index in [4.69, 9.17) is 0 Å². The summed E-state index contributed by atoms with van der Waals surface area (Å²) in [6.07, 6.45) is 0.431. The molecule has 0 fully saturated rings. The van der Waals surface area contributed by atoms with Gasteiger partial charge in [-0.2, -0.15) is 0 Å². The van der Waals surface area contributed by atoms with Crippen LogP contribution in [0.1, 0.15) is 63.0 Å². The van der Waals surface area contributed by atoms with Gasteiger partial charge in [0.2, 0.25) is 5.78 Å². The molecule has 4 aromatic carbocycles. The van der Waals surface area contributed by atoms with E-state index in [1.54, 1.807) is 0 Å². The first-order valence-electron chi connectivity index (χ1n) is 9.78. The quantitative estimate of drug-likeness (QED) is 0.173. The van der Waals surface area contributed by atoms with Crippen LogP contribution in [-0.4, -0.2) is 12.1 Å². The molecule has 0 saturated heterocycles. The van der Waals surface area contributed by atoms with Crippen molar-refractivity contribution < 1.29 is 9.59 Å². The molecule has 28 heavy (non-hydrogen) atoms. The first-order chi connectivity index (χ1) is 13.0. The van der Waals surface area contributed by atoms with Crippen molar-refractivity contribution in [2.75, 3.05) is 0 Å². The molecule has 0 saturated carbocycles. The normalized spacial score (nSPS) is 12.9. The Morgan fingerprint density at radius 3 is 1.75 bits per heavy atom. The Hall–Kier alpha value is -2.74. The summed E-state index contributed by atoms with van der Waals surface area (Å²) in [4.78, 5) is 23.9. The van der Waals surface area contributed by atoms with Gasteiger partial charge in [-0.05, 0) is 66.4 Å². The Morgan fingerprint density at radius 2 is 1.21 bits per heavy atom. The van der Waals surface area contributed by atoms with Crippen LogP contribution >= 0.6 is 0 Å². The molecule has 0 amide bonds. The number of aldehydes is 1. The zero-order chi connectivity index (χ0) is 20.4. The monoisotopic (exact) mass is 370 g/mol. The van der Waals surface area contributed by atoms with Crippen LogP contribution in [0.2, 0.25) is 0 Å². The van der Waals surface area contributed by atoms with Gasteiger partial charge in [0.15, 0.2) is 6.29 Å². The summed E-state index contributed by atoms with van der Waals surface area (Å²) >= 11 is 0.